The molecule has 0 atom stereocenters. The molecule has 8 heavy (non-hydrogen) atoms. The molecule has 0 spiro atoms. The van der Waals surface area contributed by atoms with E-state index in [2.05, 4.69) is 12.4 Å². The highest BCUT2D eigenvalue weighted by atomic mass is 16.6. The van der Waals surface area contributed by atoms with Gasteiger partial charge in [-0.25, -0.2) is 0 Å². The van der Waals surface area contributed by atoms with Gasteiger partial charge in [0.25, 0.3) is 0 Å². The van der Waals surface area contributed by atoms with Gasteiger partial charge in [0, 0.05) is 7.05 Å². The first-order chi connectivity index (χ1) is 3.81. The molecule has 48 valence electrons. The quantitative estimate of drug-likeness (QED) is 0.444. The number of rotatable bonds is 3. The molecule has 2 nitrogen and oxygen atoms in total. The average Bonchev–Trinajstić information content (AvgIpc) is 1.68. The Hall–Kier alpha value is -0.500. The highest BCUT2D eigenvalue weighted by molar-refractivity contribution is 4.85. The first kappa shape index (κ1) is 7.50. The van der Waals surface area contributed by atoms with Crippen molar-refractivity contribution in [3.8, 4) is 0 Å². The van der Waals surface area contributed by atoms with Crippen molar-refractivity contribution in [3.05, 3.63) is 11.8 Å². The lowest BCUT2D eigenvalue weighted by Crippen LogP contribution is -2.04. The second-order valence-corrected chi connectivity index (χ2v) is 1.53. The van der Waals surface area contributed by atoms with Crippen LogP contribution >= 0.6 is 0 Å². The molecule has 0 unspecified atom stereocenters. The van der Waals surface area contributed by atoms with Gasteiger partial charge in [-0.05, 0) is 19.4 Å². The number of nitrogens with one attached hydrogen (secondary N) is 1. The van der Waals surface area contributed by atoms with Gasteiger partial charge in [-0.3, -0.25) is 0 Å². The van der Waals surface area contributed by atoms with Crippen molar-refractivity contribution < 1.29 is 4.84 Å². The lowest BCUT2D eigenvalue weighted by atomic mass is 10.4. The number of hydrogen-bond acceptors (Lipinski definition) is 2. The third kappa shape index (κ3) is 3.68. The zero-order chi connectivity index (χ0) is 6.41. The van der Waals surface area contributed by atoms with Crippen LogP contribution in [-0.2, 0) is 4.84 Å². The van der Waals surface area contributed by atoms with Crippen LogP contribution in [0.1, 0.15) is 20.3 Å². The van der Waals surface area contributed by atoms with E-state index < -0.39 is 0 Å². The monoisotopic (exact) mass is 115 g/mol. The summed E-state index contributed by atoms with van der Waals surface area (Å²) in [5, 5.41) is 0. The molecule has 0 saturated heterocycles. The molecule has 0 rings (SSSR count). The van der Waals surface area contributed by atoms with Gasteiger partial charge in [0.1, 0.15) is 5.76 Å². The minimum absolute atomic E-state index is 0.926. The minimum atomic E-state index is 0.926. The second-order valence-electron chi connectivity index (χ2n) is 1.53. The van der Waals surface area contributed by atoms with E-state index in [-0.39, 0.29) is 0 Å². The van der Waals surface area contributed by atoms with Gasteiger partial charge in [0.2, 0.25) is 0 Å². The van der Waals surface area contributed by atoms with Crippen LogP contribution < -0.4 is 5.48 Å². The van der Waals surface area contributed by atoms with Crippen molar-refractivity contribution in [2.45, 2.75) is 20.3 Å². The van der Waals surface area contributed by atoms with E-state index in [4.69, 9.17) is 4.84 Å². The van der Waals surface area contributed by atoms with Crippen LogP contribution in [0, 0.1) is 0 Å². The van der Waals surface area contributed by atoms with Crippen molar-refractivity contribution in [1.82, 2.24) is 5.48 Å². The van der Waals surface area contributed by atoms with Crippen LogP contribution in [0.25, 0.3) is 0 Å². The fourth-order valence-electron chi connectivity index (χ4n) is 0.490. The number of hydroxylamine groups is 1. The molecule has 0 aliphatic rings. The van der Waals surface area contributed by atoms with Gasteiger partial charge in [-0.1, -0.05) is 6.92 Å². The molecule has 0 aromatic rings. The largest absolute Gasteiger partial charge is 0.414 e. The van der Waals surface area contributed by atoms with E-state index in [0.717, 1.165) is 12.2 Å². The molecule has 0 fully saturated rings. The third-order valence-corrected chi connectivity index (χ3v) is 0.755. The summed E-state index contributed by atoms with van der Waals surface area (Å²) in [6.07, 6.45) is 3.03. The van der Waals surface area contributed by atoms with Gasteiger partial charge >= 0.3 is 0 Å². The van der Waals surface area contributed by atoms with Gasteiger partial charge in [-0.15, -0.1) is 0 Å². The molecular formula is C6H13NO. The summed E-state index contributed by atoms with van der Waals surface area (Å²) in [6, 6.07) is 0. The second kappa shape index (κ2) is 4.65. The fraction of sp³-hybridized carbons (Fsp3) is 0.667. The van der Waals surface area contributed by atoms with E-state index in [9.17, 15) is 0 Å². The van der Waals surface area contributed by atoms with Crippen molar-refractivity contribution in [1.29, 1.82) is 0 Å². The summed E-state index contributed by atoms with van der Waals surface area (Å²) in [6.45, 7) is 3.99. The maximum absolute atomic E-state index is 4.89. The highest BCUT2D eigenvalue weighted by Crippen LogP contribution is 1.92. The molecule has 0 radical (unpaired) electrons. The standard InChI is InChI=1S/C6H13NO/c1-4-5-6(2)8-7-3/h5,7H,4H2,1-3H3/b6-5-. The number of allylic oxidation sites excluding steroid dienone is 2. The van der Waals surface area contributed by atoms with E-state index in [1.54, 1.807) is 7.05 Å². The first-order valence-corrected chi connectivity index (χ1v) is 2.81. The van der Waals surface area contributed by atoms with Crippen LogP contribution in [0.4, 0.5) is 0 Å². The van der Waals surface area contributed by atoms with Gasteiger partial charge in [0.15, 0.2) is 0 Å². The topological polar surface area (TPSA) is 21.3 Å². The summed E-state index contributed by atoms with van der Waals surface area (Å²) in [5.41, 5.74) is 2.58. The Kier molecular flexibility index (Phi) is 4.36. The molecule has 0 aliphatic carbocycles. The Balaban J connectivity index is 3.29. The summed E-state index contributed by atoms with van der Waals surface area (Å²) in [7, 11) is 1.74. The molecule has 0 amide bonds. The Morgan fingerprint density at radius 1 is 1.75 bits per heavy atom. The summed E-state index contributed by atoms with van der Waals surface area (Å²) >= 11 is 0. The molecule has 1 N–H and O–H groups in total. The number of hydrogen-bond donors (Lipinski definition) is 1. The maximum atomic E-state index is 4.89. The lowest BCUT2D eigenvalue weighted by Gasteiger charge is -1.99. The van der Waals surface area contributed by atoms with Gasteiger partial charge in [0.05, 0.1) is 0 Å². The van der Waals surface area contributed by atoms with E-state index in [1.165, 1.54) is 0 Å². The molecule has 0 aromatic carbocycles. The molecule has 0 heterocycles. The van der Waals surface area contributed by atoms with E-state index in [0.29, 0.717) is 0 Å². The SMILES string of the molecule is CC/C=C(/C)ONC. The van der Waals surface area contributed by atoms with E-state index >= 15 is 0 Å². The summed E-state index contributed by atoms with van der Waals surface area (Å²) < 4.78 is 0. The van der Waals surface area contributed by atoms with Crippen LogP contribution in [-0.4, -0.2) is 7.05 Å². The molecule has 2 heteroatoms. The molecule has 0 saturated carbocycles. The van der Waals surface area contributed by atoms with Crippen LogP contribution in [0.5, 0.6) is 0 Å². The van der Waals surface area contributed by atoms with Gasteiger partial charge < -0.3 is 4.84 Å². The third-order valence-electron chi connectivity index (χ3n) is 0.755. The Morgan fingerprint density at radius 3 is 2.75 bits per heavy atom. The molecular weight excluding hydrogens is 102 g/mol. The Labute approximate surface area is 50.5 Å². The predicted octanol–water partition coefficient (Wildman–Crippen LogP) is 1.45. The Bertz CT molecular complexity index is 78.6. The summed E-state index contributed by atoms with van der Waals surface area (Å²) in [5.74, 6) is 0.926. The molecule has 0 aromatic heterocycles. The highest BCUT2D eigenvalue weighted by Gasteiger charge is 1.81. The maximum Gasteiger partial charge on any atom is 0.117 e. The summed E-state index contributed by atoms with van der Waals surface area (Å²) in [4.78, 5) is 4.89. The minimum Gasteiger partial charge on any atom is -0.414 e. The fourth-order valence-corrected chi connectivity index (χ4v) is 0.490. The average molecular weight is 115 g/mol. The van der Waals surface area contributed by atoms with E-state index in [1.807, 2.05) is 13.0 Å². The van der Waals surface area contributed by atoms with Crippen molar-refractivity contribution in [3.63, 3.8) is 0 Å². The van der Waals surface area contributed by atoms with Crippen molar-refractivity contribution >= 4 is 0 Å². The zero-order valence-corrected chi connectivity index (χ0v) is 5.69. The zero-order valence-electron chi connectivity index (χ0n) is 5.69. The normalized spacial score (nSPS) is 11.6. The van der Waals surface area contributed by atoms with Crippen LogP contribution in [0.3, 0.4) is 0 Å². The van der Waals surface area contributed by atoms with Gasteiger partial charge in [-0.2, -0.15) is 5.48 Å². The predicted molar refractivity (Wildman–Crippen MR) is 34.2 cm³/mol. The Morgan fingerprint density at radius 2 is 2.38 bits per heavy atom. The van der Waals surface area contributed by atoms with Crippen LogP contribution in [0.2, 0.25) is 0 Å². The molecule has 0 bridgehead atoms. The van der Waals surface area contributed by atoms with Crippen molar-refractivity contribution in [2.75, 3.05) is 7.05 Å². The molecule has 0 aliphatic heterocycles. The van der Waals surface area contributed by atoms with Crippen LogP contribution in [0.15, 0.2) is 11.8 Å². The first-order valence-electron chi connectivity index (χ1n) is 2.81. The van der Waals surface area contributed by atoms with Crippen molar-refractivity contribution in [2.24, 2.45) is 0 Å². The lowest BCUT2D eigenvalue weighted by molar-refractivity contribution is 0.127. The smallest absolute Gasteiger partial charge is 0.117 e.